The molecular formula is C33H36N8O2. The first-order valence-electron chi connectivity index (χ1n) is 14.4. The van der Waals surface area contributed by atoms with Crippen molar-refractivity contribution in [1.82, 2.24) is 29.3 Å². The second-order valence-corrected chi connectivity index (χ2v) is 11.9. The van der Waals surface area contributed by atoms with Crippen LogP contribution < -0.4 is 15.4 Å². The molecule has 3 aromatic heterocycles. The summed E-state index contributed by atoms with van der Waals surface area (Å²) in [5.74, 6) is 2.12. The van der Waals surface area contributed by atoms with Crippen molar-refractivity contribution in [3.05, 3.63) is 95.8 Å². The third-order valence-corrected chi connectivity index (χ3v) is 7.59. The SMILES string of the molecule is COc1ccc(CNc2cc(C)c(-n3cnc(C4CC4)c3)cc2C(=O)Nc2cccc(-c3nncn3C(C)(C)C)n2)cc1. The average Bonchev–Trinajstić information content (AvgIpc) is 3.49. The lowest BCUT2D eigenvalue weighted by molar-refractivity contribution is 0.102. The number of carbonyl (C=O) groups excluding carboxylic acids is 1. The summed E-state index contributed by atoms with van der Waals surface area (Å²) in [5.41, 5.74) is 5.70. The van der Waals surface area contributed by atoms with Gasteiger partial charge in [0.15, 0.2) is 5.82 Å². The maximum atomic E-state index is 13.9. The van der Waals surface area contributed by atoms with Crippen molar-refractivity contribution in [2.75, 3.05) is 17.7 Å². The van der Waals surface area contributed by atoms with E-state index in [9.17, 15) is 4.79 Å². The first-order chi connectivity index (χ1) is 20.7. The number of imidazole rings is 1. The van der Waals surface area contributed by atoms with E-state index in [1.807, 2.05) is 70.9 Å². The van der Waals surface area contributed by atoms with Gasteiger partial charge < -0.3 is 24.5 Å². The molecule has 43 heavy (non-hydrogen) atoms. The van der Waals surface area contributed by atoms with Crippen LogP contribution in [0.5, 0.6) is 5.75 Å². The fourth-order valence-electron chi connectivity index (χ4n) is 5.02. The van der Waals surface area contributed by atoms with Gasteiger partial charge in [0.25, 0.3) is 5.91 Å². The van der Waals surface area contributed by atoms with Crippen LogP contribution in [0.3, 0.4) is 0 Å². The molecule has 1 fully saturated rings. The fraction of sp³-hybridized carbons (Fsp3) is 0.303. The Labute approximate surface area is 251 Å². The van der Waals surface area contributed by atoms with E-state index in [4.69, 9.17) is 9.72 Å². The highest BCUT2D eigenvalue weighted by molar-refractivity contribution is 6.08. The number of amides is 1. The maximum absolute atomic E-state index is 13.9. The predicted molar refractivity (Wildman–Crippen MR) is 167 cm³/mol. The summed E-state index contributed by atoms with van der Waals surface area (Å²) >= 11 is 0. The molecule has 6 rings (SSSR count). The van der Waals surface area contributed by atoms with Crippen LogP contribution in [0.25, 0.3) is 17.2 Å². The molecule has 0 radical (unpaired) electrons. The number of methoxy groups -OCH3 is 1. The second kappa shape index (κ2) is 11.4. The Bertz CT molecular complexity index is 1760. The number of anilines is 2. The van der Waals surface area contributed by atoms with Gasteiger partial charge in [0, 0.05) is 29.9 Å². The average molecular weight is 577 g/mol. The van der Waals surface area contributed by atoms with Gasteiger partial charge in [0.1, 0.15) is 23.6 Å². The number of hydrogen-bond acceptors (Lipinski definition) is 7. The monoisotopic (exact) mass is 576 g/mol. The molecule has 0 bridgehead atoms. The van der Waals surface area contributed by atoms with Gasteiger partial charge in [0.2, 0.25) is 0 Å². The molecule has 0 spiro atoms. The third-order valence-electron chi connectivity index (χ3n) is 7.59. The topological polar surface area (TPSA) is 112 Å². The lowest BCUT2D eigenvalue weighted by atomic mass is 10.1. The zero-order chi connectivity index (χ0) is 30.1. The molecule has 220 valence electrons. The fourth-order valence-corrected chi connectivity index (χ4v) is 5.02. The van der Waals surface area contributed by atoms with Crippen molar-refractivity contribution in [2.45, 2.75) is 58.5 Å². The summed E-state index contributed by atoms with van der Waals surface area (Å²) < 4.78 is 9.26. The van der Waals surface area contributed by atoms with Gasteiger partial charge in [-0.15, -0.1) is 10.2 Å². The minimum absolute atomic E-state index is 0.227. The molecular weight excluding hydrogens is 540 g/mol. The molecule has 10 nitrogen and oxygen atoms in total. The van der Waals surface area contributed by atoms with Crippen molar-refractivity contribution >= 4 is 17.4 Å². The minimum Gasteiger partial charge on any atom is -0.497 e. The van der Waals surface area contributed by atoms with E-state index >= 15 is 0 Å². The number of ether oxygens (including phenoxy) is 1. The van der Waals surface area contributed by atoms with Crippen LogP contribution in [-0.2, 0) is 12.1 Å². The van der Waals surface area contributed by atoms with Gasteiger partial charge >= 0.3 is 0 Å². The van der Waals surface area contributed by atoms with E-state index < -0.39 is 0 Å². The van der Waals surface area contributed by atoms with Gasteiger partial charge in [-0.1, -0.05) is 18.2 Å². The molecule has 1 aliphatic rings. The van der Waals surface area contributed by atoms with E-state index in [0.717, 1.165) is 33.9 Å². The molecule has 2 N–H and O–H groups in total. The molecule has 10 heteroatoms. The van der Waals surface area contributed by atoms with Crippen molar-refractivity contribution < 1.29 is 9.53 Å². The van der Waals surface area contributed by atoms with Crippen molar-refractivity contribution in [3.63, 3.8) is 0 Å². The largest absolute Gasteiger partial charge is 0.497 e. The van der Waals surface area contributed by atoms with Gasteiger partial charge in [-0.25, -0.2) is 9.97 Å². The molecule has 0 saturated heterocycles. The van der Waals surface area contributed by atoms with Gasteiger partial charge in [-0.05, 0) is 88.1 Å². The quantitative estimate of drug-likeness (QED) is 0.211. The summed E-state index contributed by atoms with van der Waals surface area (Å²) in [6.07, 6.45) is 7.95. The molecule has 5 aromatic rings. The highest BCUT2D eigenvalue weighted by Gasteiger charge is 2.26. The van der Waals surface area contributed by atoms with Crippen molar-refractivity contribution in [1.29, 1.82) is 0 Å². The summed E-state index contributed by atoms with van der Waals surface area (Å²) in [7, 11) is 1.65. The zero-order valence-electron chi connectivity index (χ0n) is 25.1. The second-order valence-electron chi connectivity index (χ2n) is 11.9. The zero-order valence-corrected chi connectivity index (χ0v) is 25.1. The molecule has 1 saturated carbocycles. The number of nitrogens with one attached hydrogen (secondary N) is 2. The first kappa shape index (κ1) is 28.1. The van der Waals surface area contributed by atoms with Crippen LogP contribution in [0, 0.1) is 6.92 Å². The number of rotatable bonds is 9. The van der Waals surface area contributed by atoms with Crippen LogP contribution in [0.1, 0.15) is 66.7 Å². The standard InChI is InChI=1S/C33H36N8O2/c1-21-15-27(34-17-22-9-13-24(43-5)14-10-22)25(16-29(21)40-18-28(35-19-40)23-11-12-23)32(42)38-30-8-6-7-26(37-30)31-39-36-20-41(31)33(2,3)4/h6-10,13-16,18-20,23,34H,11-12,17H2,1-5H3,(H,37,38,42). The number of pyridine rings is 1. The first-order valence-corrected chi connectivity index (χ1v) is 14.4. The highest BCUT2D eigenvalue weighted by Crippen LogP contribution is 2.39. The van der Waals surface area contributed by atoms with E-state index in [1.165, 1.54) is 12.8 Å². The van der Waals surface area contributed by atoms with E-state index in [2.05, 4.69) is 52.8 Å². The number of benzene rings is 2. The van der Waals surface area contributed by atoms with Gasteiger partial charge in [-0.3, -0.25) is 4.79 Å². The normalized spacial score (nSPS) is 13.1. The Kier molecular flexibility index (Phi) is 7.43. The Morgan fingerprint density at radius 3 is 2.58 bits per heavy atom. The summed E-state index contributed by atoms with van der Waals surface area (Å²) in [5, 5.41) is 14.9. The minimum atomic E-state index is -0.275. The molecule has 1 aliphatic carbocycles. The number of nitrogens with zero attached hydrogens (tertiary/aromatic N) is 6. The van der Waals surface area contributed by atoms with Crippen LogP contribution in [0.2, 0.25) is 0 Å². The van der Waals surface area contributed by atoms with Gasteiger partial charge in [-0.2, -0.15) is 0 Å². The smallest absolute Gasteiger partial charge is 0.258 e. The Balaban J connectivity index is 1.31. The van der Waals surface area contributed by atoms with E-state index in [1.54, 1.807) is 19.5 Å². The molecule has 1 amide bonds. The van der Waals surface area contributed by atoms with Gasteiger partial charge in [0.05, 0.1) is 30.4 Å². The Morgan fingerprint density at radius 1 is 1.07 bits per heavy atom. The lowest BCUT2D eigenvalue weighted by Gasteiger charge is -2.22. The van der Waals surface area contributed by atoms with Crippen LogP contribution in [0.4, 0.5) is 11.5 Å². The third kappa shape index (κ3) is 6.13. The molecule has 0 atom stereocenters. The number of aromatic nitrogens is 6. The van der Waals surface area contributed by atoms with E-state index in [0.29, 0.717) is 35.4 Å². The molecule has 0 unspecified atom stereocenters. The summed E-state index contributed by atoms with van der Waals surface area (Å²) in [4.78, 5) is 23.2. The predicted octanol–water partition coefficient (Wildman–Crippen LogP) is 6.34. The maximum Gasteiger partial charge on any atom is 0.258 e. The summed E-state index contributed by atoms with van der Waals surface area (Å²) in [6, 6.07) is 17.3. The number of aryl methyl sites for hydroxylation is 1. The van der Waals surface area contributed by atoms with Crippen molar-refractivity contribution in [3.8, 4) is 23.0 Å². The highest BCUT2D eigenvalue weighted by atomic mass is 16.5. The molecule has 3 heterocycles. The summed E-state index contributed by atoms with van der Waals surface area (Å²) in [6.45, 7) is 8.82. The Hall–Kier alpha value is -4.99. The van der Waals surface area contributed by atoms with E-state index in [-0.39, 0.29) is 11.4 Å². The number of carbonyl (C=O) groups is 1. The number of hydrogen-bond donors (Lipinski definition) is 2. The van der Waals surface area contributed by atoms with Crippen LogP contribution >= 0.6 is 0 Å². The lowest BCUT2D eigenvalue weighted by Crippen LogP contribution is -2.22. The van der Waals surface area contributed by atoms with Crippen LogP contribution in [-0.4, -0.2) is 42.3 Å². The Morgan fingerprint density at radius 2 is 1.86 bits per heavy atom. The van der Waals surface area contributed by atoms with Crippen LogP contribution in [0.15, 0.2) is 73.4 Å². The van der Waals surface area contributed by atoms with Crippen molar-refractivity contribution in [2.24, 2.45) is 0 Å². The molecule has 2 aromatic carbocycles. The molecule has 0 aliphatic heterocycles.